The molecular formula is C12H11F3N4O2. The van der Waals surface area contributed by atoms with Crippen LogP contribution in [0.4, 0.5) is 19.0 Å². The first kappa shape index (κ1) is 13.7. The molecular weight excluding hydrogens is 289 g/mol. The van der Waals surface area contributed by atoms with Crippen LogP contribution in [0.3, 0.4) is 0 Å². The number of rotatable bonds is 4. The van der Waals surface area contributed by atoms with E-state index < -0.39 is 17.8 Å². The third kappa shape index (κ3) is 3.06. The maximum Gasteiger partial charge on any atom is 0.435 e. The Hall–Kier alpha value is -2.32. The Morgan fingerprint density at radius 3 is 2.81 bits per heavy atom. The number of carbonyl (C=O) groups is 1. The van der Waals surface area contributed by atoms with E-state index in [2.05, 4.69) is 20.1 Å². The maximum atomic E-state index is 12.7. The lowest BCUT2D eigenvalue weighted by Gasteiger charge is -2.06. The van der Waals surface area contributed by atoms with Gasteiger partial charge in [-0.2, -0.15) is 18.3 Å². The van der Waals surface area contributed by atoms with Crippen LogP contribution in [0.5, 0.6) is 0 Å². The van der Waals surface area contributed by atoms with E-state index in [1.807, 2.05) is 0 Å². The van der Waals surface area contributed by atoms with Gasteiger partial charge in [0.05, 0.1) is 0 Å². The van der Waals surface area contributed by atoms with Crippen LogP contribution in [0.15, 0.2) is 22.9 Å². The Bertz CT molecular complexity index is 644. The van der Waals surface area contributed by atoms with Crippen LogP contribution in [0.2, 0.25) is 0 Å². The fourth-order valence-electron chi connectivity index (χ4n) is 2.00. The minimum absolute atomic E-state index is 0.0495. The number of anilines is 1. The molecule has 1 fully saturated rings. The summed E-state index contributed by atoms with van der Waals surface area (Å²) in [6.07, 6.45) is -1.61. The fraction of sp³-hybridized carbons (Fsp3) is 0.417. The van der Waals surface area contributed by atoms with Crippen molar-refractivity contribution in [3.05, 3.63) is 29.8 Å². The van der Waals surface area contributed by atoms with Gasteiger partial charge in [-0.3, -0.25) is 9.48 Å². The van der Waals surface area contributed by atoms with E-state index in [0.717, 1.165) is 23.6 Å². The van der Waals surface area contributed by atoms with E-state index in [0.29, 0.717) is 5.69 Å². The average molecular weight is 300 g/mol. The first-order valence-electron chi connectivity index (χ1n) is 6.28. The van der Waals surface area contributed by atoms with E-state index in [-0.39, 0.29) is 18.3 Å². The summed E-state index contributed by atoms with van der Waals surface area (Å²) in [6, 6.07) is 2.45. The second-order valence-electron chi connectivity index (χ2n) is 4.82. The van der Waals surface area contributed by atoms with E-state index in [9.17, 15) is 18.0 Å². The minimum atomic E-state index is -4.52. The number of carbonyl (C=O) groups excluding carboxylic acids is 1. The molecule has 0 aromatic carbocycles. The predicted octanol–water partition coefficient (Wildman–Crippen LogP) is 2.41. The van der Waals surface area contributed by atoms with Crippen molar-refractivity contribution >= 4 is 11.7 Å². The van der Waals surface area contributed by atoms with Crippen molar-refractivity contribution in [3.8, 4) is 0 Å². The standard InChI is InChI=1S/C12H11F3N4O2/c13-12(14,15)9-5-8(7-1-2-7)19(17-9)6-11(20)16-10-3-4-21-18-10/h3-5,7H,1-2,6H2,(H,16,18,20). The lowest BCUT2D eigenvalue weighted by Crippen LogP contribution is -2.21. The van der Waals surface area contributed by atoms with Crippen LogP contribution < -0.4 is 5.32 Å². The smallest absolute Gasteiger partial charge is 0.363 e. The van der Waals surface area contributed by atoms with Crippen molar-refractivity contribution in [2.45, 2.75) is 31.5 Å². The molecule has 2 aromatic heterocycles. The molecule has 0 radical (unpaired) electrons. The Balaban J connectivity index is 1.77. The van der Waals surface area contributed by atoms with E-state index in [1.165, 1.54) is 12.3 Å². The highest BCUT2D eigenvalue weighted by Crippen LogP contribution is 2.42. The van der Waals surface area contributed by atoms with Crippen LogP contribution >= 0.6 is 0 Å². The second-order valence-corrected chi connectivity index (χ2v) is 4.82. The monoisotopic (exact) mass is 300 g/mol. The van der Waals surface area contributed by atoms with Crippen molar-refractivity contribution in [2.24, 2.45) is 0 Å². The van der Waals surface area contributed by atoms with Crippen molar-refractivity contribution in [3.63, 3.8) is 0 Å². The highest BCUT2D eigenvalue weighted by molar-refractivity contribution is 5.89. The average Bonchev–Trinajstić information content (AvgIpc) is 2.93. The molecule has 1 amide bonds. The molecule has 112 valence electrons. The van der Waals surface area contributed by atoms with Crippen LogP contribution in [0.25, 0.3) is 0 Å². The Labute approximate surface area is 116 Å². The van der Waals surface area contributed by atoms with Gasteiger partial charge in [-0.05, 0) is 18.9 Å². The molecule has 9 heteroatoms. The Kier molecular flexibility index (Phi) is 3.19. The van der Waals surface area contributed by atoms with Crippen molar-refractivity contribution in [1.29, 1.82) is 0 Å². The molecule has 0 aliphatic heterocycles. The summed E-state index contributed by atoms with van der Waals surface area (Å²) in [5, 5.41) is 9.41. The zero-order chi connectivity index (χ0) is 15.0. The minimum Gasteiger partial charge on any atom is -0.363 e. The maximum absolute atomic E-state index is 12.7. The summed E-state index contributed by atoms with van der Waals surface area (Å²) >= 11 is 0. The van der Waals surface area contributed by atoms with Gasteiger partial charge in [0.25, 0.3) is 0 Å². The normalized spacial score (nSPS) is 15.2. The van der Waals surface area contributed by atoms with Crippen LogP contribution in [-0.2, 0) is 17.5 Å². The summed E-state index contributed by atoms with van der Waals surface area (Å²) in [5.74, 6) is -0.257. The number of aromatic nitrogens is 3. The third-order valence-electron chi connectivity index (χ3n) is 3.10. The summed E-state index contributed by atoms with van der Waals surface area (Å²) in [4.78, 5) is 11.8. The molecule has 2 heterocycles. The van der Waals surface area contributed by atoms with Gasteiger partial charge in [0.2, 0.25) is 5.91 Å². The first-order valence-corrected chi connectivity index (χ1v) is 6.28. The van der Waals surface area contributed by atoms with Gasteiger partial charge in [0.15, 0.2) is 11.5 Å². The third-order valence-corrected chi connectivity index (χ3v) is 3.10. The highest BCUT2D eigenvalue weighted by Gasteiger charge is 2.38. The number of halogens is 3. The Morgan fingerprint density at radius 1 is 1.48 bits per heavy atom. The molecule has 1 saturated carbocycles. The van der Waals surface area contributed by atoms with Crippen LogP contribution in [0, 0.1) is 0 Å². The largest absolute Gasteiger partial charge is 0.435 e. The second kappa shape index (κ2) is 4.90. The molecule has 0 spiro atoms. The summed E-state index contributed by atoms with van der Waals surface area (Å²) in [6.45, 7) is -0.297. The lowest BCUT2D eigenvalue weighted by molar-refractivity contribution is -0.141. The molecule has 1 aliphatic rings. The molecule has 6 nitrogen and oxygen atoms in total. The van der Waals surface area contributed by atoms with Gasteiger partial charge >= 0.3 is 6.18 Å². The summed E-state index contributed by atoms with van der Waals surface area (Å²) < 4.78 is 43.8. The zero-order valence-electron chi connectivity index (χ0n) is 10.7. The number of alkyl halides is 3. The van der Waals surface area contributed by atoms with E-state index in [4.69, 9.17) is 0 Å². The van der Waals surface area contributed by atoms with Gasteiger partial charge < -0.3 is 9.84 Å². The molecule has 0 unspecified atom stereocenters. The number of nitrogens with zero attached hydrogens (tertiary/aromatic N) is 3. The van der Waals surface area contributed by atoms with Crippen molar-refractivity contribution in [2.75, 3.05) is 5.32 Å². The summed E-state index contributed by atoms with van der Waals surface area (Å²) in [7, 11) is 0. The van der Waals surface area contributed by atoms with Gasteiger partial charge in [0, 0.05) is 17.7 Å². The highest BCUT2D eigenvalue weighted by atomic mass is 19.4. The molecule has 2 aromatic rings. The topological polar surface area (TPSA) is 73.0 Å². The first-order chi connectivity index (χ1) is 9.93. The van der Waals surface area contributed by atoms with Gasteiger partial charge in [-0.1, -0.05) is 5.16 Å². The molecule has 0 atom stereocenters. The number of hydrogen-bond acceptors (Lipinski definition) is 4. The molecule has 3 rings (SSSR count). The van der Waals surface area contributed by atoms with Crippen LogP contribution in [0.1, 0.15) is 30.1 Å². The quantitative estimate of drug-likeness (QED) is 0.941. The molecule has 1 N–H and O–H groups in total. The zero-order valence-corrected chi connectivity index (χ0v) is 10.7. The fourth-order valence-corrected chi connectivity index (χ4v) is 2.00. The summed E-state index contributed by atoms with van der Waals surface area (Å²) in [5.41, 5.74) is -0.531. The van der Waals surface area contributed by atoms with Gasteiger partial charge in [-0.15, -0.1) is 0 Å². The molecule has 1 aliphatic carbocycles. The van der Waals surface area contributed by atoms with Gasteiger partial charge in [0.1, 0.15) is 12.8 Å². The number of nitrogens with one attached hydrogen (secondary N) is 1. The molecule has 0 saturated heterocycles. The SMILES string of the molecule is O=C(Cn1nc(C(F)(F)F)cc1C1CC1)Nc1ccon1. The lowest BCUT2D eigenvalue weighted by atomic mass is 10.2. The van der Waals surface area contributed by atoms with Gasteiger partial charge in [-0.25, -0.2) is 0 Å². The predicted molar refractivity (Wildman–Crippen MR) is 64.3 cm³/mol. The molecule has 21 heavy (non-hydrogen) atoms. The van der Waals surface area contributed by atoms with Crippen molar-refractivity contribution in [1.82, 2.24) is 14.9 Å². The van der Waals surface area contributed by atoms with E-state index >= 15 is 0 Å². The van der Waals surface area contributed by atoms with Crippen molar-refractivity contribution < 1.29 is 22.5 Å². The number of amides is 1. The molecule has 0 bridgehead atoms. The number of hydrogen-bond donors (Lipinski definition) is 1. The van der Waals surface area contributed by atoms with E-state index in [1.54, 1.807) is 0 Å². The van der Waals surface area contributed by atoms with Crippen LogP contribution in [-0.4, -0.2) is 20.8 Å². The Morgan fingerprint density at radius 2 is 2.24 bits per heavy atom.